The molecule has 0 unspecified atom stereocenters. The molecule has 0 bridgehead atoms. The van der Waals surface area contributed by atoms with Gasteiger partial charge in [-0.15, -0.1) is 0 Å². The molecule has 4 rings (SSSR count). The normalized spacial score (nSPS) is 11.5. The molecular formula is C26H23F3N4O2S. The molecule has 0 aliphatic carbocycles. The number of anilines is 2. The summed E-state index contributed by atoms with van der Waals surface area (Å²) in [7, 11) is 0. The SMILES string of the molecule is CC(=O)c1cc2cc(CCc3cc(N(S)C(=O)Nc4cccc(C(F)(F)F)c4)ccc3C)cnc2[nH]1. The second-order valence-corrected chi connectivity index (χ2v) is 8.85. The number of alkyl halides is 3. The Labute approximate surface area is 211 Å². The predicted molar refractivity (Wildman–Crippen MR) is 137 cm³/mol. The van der Waals surface area contributed by atoms with Crippen molar-refractivity contribution < 1.29 is 22.8 Å². The molecule has 0 spiro atoms. The number of amides is 2. The number of aromatic amines is 1. The molecule has 0 radical (unpaired) electrons. The summed E-state index contributed by atoms with van der Waals surface area (Å²) in [5, 5.41) is 3.30. The van der Waals surface area contributed by atoms with Gasteiger partial charge in [-0.05, 0) is 78.9 Å². The number of nitrogens with zero attached hydrogens (tertiary/aromatic N) is 2. The van der Waals surface area contributed by atoms with Crippen molar-refractivity contribution in [2.75, 3.05) is 9.62 Å². The zero-order valence-corrected chi connectivity index (χ0v) is 20.4. The first-order valence-corrected chi connectivity index (χ1v) is 11.5. The number of H-pyrrole nitrogens is 1. The number of thiol groups is 1. The van der Waals surface area contributed by atoms with Crippen molar-refractivity contribution in [2.45, 2.75) is 32.9 Å². The van der Waals surface area contributed by atoms with E-state index in [0.717, 1.165) is 38.5 Å². The van der Waals surface area contributed by atoms with Crippen LogP contribution in [0.2, 0.25) is 0 Å². The van der Waals surface area contributed by atoms with Crippen LogP contribution in [0.1, 0.15) is 39.7 Å². The molecule has 2 N–H and O–H groups in total. The first kappa shape index (κ1) is 25.3. The molecule has 2 amide bonds. The molecule has 4 aromatic rings. The van der Waals surface area contributed by atoms with Crippen molar-refractivity contribution >= 4 is 47.0 Å². The molecule has 0 atom stereocenters. The Balaban J connectivity index is 1.46. The van der Waals surface area contributed by atoms with E-state index >= 15 is 0 Å². The zero-order valence-electron chi connectivity index (χ0n) is 19.5. The van der Waals surface area contributed by atoms with Crippen molar-refractivity contribution in [3.8, 4) is 0 Å². The monoisotopic (exact) mass is 512 g/mol. The van der Waals surface area contributed by atoms with Crippen molar-refractivity contribution in [2.24, 2.45) is 0 Å². The summed E-state index contributed by atoms with van der Waals surface area (Å²) >= 11 is 4.26. The second kappa shape index (κ2) is 10.1. The van der Waals surface area contributed by atoms with Crippen LogP contribution in [0.4, 0.5) is 29.3 Å². The largest absolute Gasteiger partial charge is 0.416 e. The highest BCUT2D eigenvalue weighted by atomic mass is 32.1. The van der Waals surface area contributed by atoms with Crippen LogP contribution in [-0.4, -0.2) is 21.8 Å². The lowest BCUT2D eigenvalue weighted by atomic mass is 10.0. The number of Topliss-reactive ketones (excluding diaryl/α,β-unsaturated/α-hetero) is 1. The maximum absolute atomic E-state index is 13.0. The van der Waals surface area contributed by atoms with E-state index in [0.29, 0.717) is 29.9 Å². The van der Waals surface area contributed by atoms with E-state index < -0.39 is 17.8 Å². The lowest BCUT2D eigenvalue weighted by Crippen LogP contribution is -2.27. The van der Waals surface area contributed by atoms with Gasteiger partial charge in [0.2, 0.25) is 0 Å². The van der Waals surface area contributed by atoms with E-state index in [1.54, 1.807) is 18.3 Å². The minimum absolute atomic E-state index is 0.0155. The fourth-order valence-corrected chi connectivity index (χ4v) is 3.97. The summed E-state index contributed by atoms with van der Waals surface area (Å²) in [6, 6.07) is 12.9. The number of aryl methyl sites for hydroxylation is 3. The number of benzene rings is 2. The van der Waals surface area contributed by atoms with Crippen LogP contribution in [0.25, 0.3) is 11.0 Å². The quantitative estimate of drug-likeness (QED) is 0.197. The van der Waals surface area contributed by atoms with E-state index in [9.17, 15) is 22.8 Å². The molecular weight excluding hydrogens is 489 g/mol. The van der Waals surface area contributed by atoms with Crippen LogP contribution >= 0.6 is 12.8 Å². The van der Waals surface area contributed by atoms with Crippen LogP contribution in [0.3, 0.4) is 0 Å². The van der Waals surface area contributed by atoms with Gasteiger partial charge in [0.1, 0.15) is 5.65 Å². The number of hydrogen-bond donors (Lipinski definition) is 3. The Bertz CT molecular complexity index is 1450. The van der Waals surface area contributed by atoms with Crippen LogP contribution in [-0.2, 0) is 19.0 Å². The molecule has 2 aromatic heterocycles. The highest BCUT2D eigenvalue weighted by molar-refractivity contribution is 7.82. The summed E-state index contributed by atoms with van der Waals surface area (Å²) in [6.07, 6.45) is -1.41. The fraction of sp³-hybridized carbons (Fsp3) is 0.192. The van der Waals surface area contributed by atoms with E-state index in [-0.39, 0.29) is 11.5 Å². The molecule has 2 heterocycles. The Kier molecular flexibility index (Phi) is 7.07. The first-order valence-electron chi connectivity index (χ1n) is 11.1. The number of carbonyl (C=O) groups is 2. The van der Waals surface area contributed by atoms with E-state index in [4.69, 9.17) is 0 Å². The molecule has 36 heavy (non-hydrogen) atoms. The summed E-state index contributed by atoms with van der Waals surface area (Å²) in [4.78, 5) is 31.6. The summed E-state index contributed by atoms with van der Waals surface area (Å²) in [5.41, 5.74) is 3.80. The minimum Gasteiger partial charge on any atom is -0.337 e. The van der Waals surface area contributed by atoms with E-state index in [2.05, 4.69) is 28.1 Å². The standard InChI is InChI=1S/C26H23F3N4O2S/c1-15-6-9-22(33(36)25(35)31-21-5-3-4-20(13-21)26(27,28)29)11-18(15)8-7-17-10-19-12-23(16(2)34)32-24(19)30-14-17/h3-6,9-14,36H,7-8H2,1-2H3,(H,30,32)(H,31,35). The van der Waals surface area contributed by atoms with Gasteiger partial charge < -0.3 is 10.3 Å². The van der Waals surface area contributed by atoms with Gasteiger partial charge in [0, 0.05) is 24.2 Å². The number of halogens is 3. The lowest BCUT2D eigenvalue weighted by Gasteiger charge is -2.19. The van der Waals surface area contributed by atoms with Crippen molar-refractivity contribution in [1.82, 2.24) is 9.97 Å². The smallest absolute Gasteiger partial charge is 0.337 e. The number of rotatable bonds is 6. The molecule has 0 aliphatic rings. The van der Waals surface area contributed by atoms with Crippen molar-refractivity contribution in [3.05, 3.63) is 88.7 Å². The summed E-state index contributed by atoms with van der Waals surface area (Å²) in [6.45, 7) is 3.45. The van der Waals surface area contributed by atoms with Gasteiger partial charge in [-0.25, -0.2) is 14.1 Å². The number of fused-ring (bicyclic) bond motifs is 1. The van der Waals surface area contributed by atoms with E-state index in [1.165, 1.54) is 19.1 Å². The Morgan fingerprint density at radius 2 is 1.86 bits per heavy atom. The molecule has 0 aliphatic heterocycles. The maximum Gasteiger partial charge on any atom is 0.416 e. The van der Waals surface area contributed by atoms with Gasteiger partial charge in [-0.1, -0.05) is 24.9 Å². The number of pyridine rings is 1. The number of ketones is 1. The average molecular weight is 513 g/mol. The van der Waals surface area contributed by atoms with Gasteiger partial charge in [0.25, 0.3) is 0 Å². The molecule has 6 nitrogen and oxygen atoms in total. The molecule has 186 valence electrons. The molecule has 0 saturated heterocycles. The average Bonchev–Trinajstić information content (AvgIpc) is 3.27. The maximum atomic E-state index is 13.0. The number of nitrogens with one attached hydrogen (secondary N) is 2. The van der Waals surface area contributed by atoms with Crippen LogP contribution in [0.15, 0.2) is 60.8 Å². The first-order chi connectivity index (χ1) is 17.0. The molecule has 0 saturated carbocycles. The summed E-state index contributed by atoms with van der Waals surface area (Å²) in [5.74, 6) is -0.0598. The Morgan fingerprint density at radius 3 is 2.58 bits per heavy atom. The third kappa shape index (κ3) is 5.71. The molecule has 2 aromatic carbocycles. The Hall–Kier alpha value is -3.79. The lowest BCUT2D eigenvalue weighted by molar-refractivity contribution is -0.137. The molecule has 10 heteroatoms. The number of hydrogen-bond acceptors (Lipinski definition) is 4. The van der Waals surface area contributed by atoms with Gasteiger partial charge in [0.15, 0.2) is 5.78 Å². The van der Waals surface area contributed by atoms with Gasteiger partial charge >= 0.3 is 12.2 Å². The molecule has 0 fully saturated rings. The fourth-order valence-electron chi connectivity index (χ4n) is 3.79. The van der Waals surface area contributed by atoms with Gasteiger partial charge in [-0.2, -0.15) is 13.2 Å². The zero-order chi connectivity index (χ0) is 26.0. The third-order valence-electron chi connectivity index (χ3n) is 5.80. The van der Waals surface area contributed by atoms with Crippen LogP contribution in [0.5, 0.6) is 0 Å². The highest BCUT2D eigenvalue weighted by Gasteiger charge is 2.30. The van der Waals surface area contributed by atoms with Crippen LogP contribution in [0, 0.1) is 6.92 Å². The van der Waals surface area contributed by atoms with Crippen molar-refractivity contribution in [1.29, 1.82) is 0 Å². The topological polar surface area (TPSA) is 78.1 Å². The van der Waals surface area contributed by atoms with Crippen molar-refractivity contribution in [3.63, 3.8) is 0 Å². The van der Waals surface area contributed by atoms with Gasteiger partial charge in [0.05, 0.1) is 16.9 Å². The third-order valence-corrected chi connectivity index (χ3v) is 6.21. The Morgan fingerprint density at radius 1 is 1.08 bits per heavy atom. The summed E-state index contributed by atoms with van der Waals surface area (Å²) < 4.78 is 39.9. The van der Waals surface area contributed by atoms with E-state index in [1.807, 2.05) is 25.1 Å². The van der Waals surface area contributed by atoms with Crippen LogP contribution < -0.4 is 9.62 Å². The number of urea groups is 1. The predicted octanol–water partition coefficient (Wildman–Crippen LogP) is 6.76. The number of aromatic nitrogens is 2. The second-order valence-electron chi connectivity index (χ2n) is 8.45. The minimum atomic E-state index is -4.51. The highest BCUT2D eigenvalue weighted by Crippen LogP contribution is 2.31. The number of carbonyl (C=O) groups excluding carboxylic acids is 2. The van der Waals surface area contributed by atoms with Gasteiger partial charge in [-0.3, -0.25) is 4.79 Å².